The fraction of sp³-hybridized carbons (Fsp3) is 0.200. The van der Waals surface area contributed by atoms with E-state index in [4.69, 9.17) is 9.47 Å². The first-order chi connectivity index (χ1) is 11.6. The van der Waals surface area contributed by atoms with E-state index in [1.807, 2.05) is 30.3 Å². The van der Waals surface area contributed by atoms with Crippen LogP contribution in [-0.4, -0.2) is 25.8 Å². The number of benzene rings is 2. The molecule has 0 bridgehead atoms. The van der Waals surface area contributed by atoms with Crippen molar-refractivity contribution in [2.75, 3.05) is 14.2 Å². The summed E-state index contributed by atoms with van der Waals surface area (Å²) >= 11 is 0. The molecule has 0 aromatic heterocycles. The molecule has 0 heterocycles. The van der Waals surface area contributed by atoms with Crippen LogP contribution >= 0.6 is 0 Å². The Bertz CT molecular complexity index is 848. The van der Waals surface area contributed by atoms with E-state index in [2.05, 4.69) is 0 Å². The minimum Gasteiger partial charge on any atom is -0.497 e. The molecule has 1 unspecified atom stereocenters. The first-order valence-corrected chi connectivity index (χ1v) is 7.64. The van der Waals surface area contributed by atoms with Gasteiger partial charge in [-0.1, -0.05) is 24.3 Å². The summed E-state index contributed by atoms with van der Waals surface area (Å²) in [4.78, 5) is 24.7. The third kappa shape index (κ3) is 2.60. The summed E-state index contributed by atoms with van der Waals surface area (Å²) in [5, 5.41) is 0. The fourth-order valence-electron chi connectivity index (χ4n) is 3.08. The number of carbonyl (C=O) groups excluding carboxylic acids is 2. The summed E-state index contributed by atoms with van der Waals surface area (Å²) in [5.41, 5.74) is 2.83. The quantitative estimate of drug-likeness (QED) is 0.638. The number of carbonyl (C=O) groups is 2. The van der Waals surface area contributed by atoms with Gasteiger partial charge in [0.1, 0.15) is 23.2 Å². The van der Waals surface area contributed by atoms with Crippen LogP contribution in [0.3, 0.4) is 0 Å². The van der Waals surface area contributed by atoms with Gasteiger partial charge in [-0.05, 0) is 42.3 Å². The smallest absolute Gasteiger partial charge is 0.178 e. The molecule has 1 atom stereocenters. The Morgan fingerprint density at radius 1 is 1.08 bits per heavy atom. The van der Waals surface area contributed by atoms with Crippen molar-refractivity contribution in [3.05, 3.63) is 59.2 Å². The van der Waals surface area contributed by atoms with Gasteiger partial charge in [0, 0.05) is 11.1 Å². The highest BCUT2D eigenvalue weighted by atomic mass is 16.5. The van der Waals surface area contributed by atoms with Crippen molar-refractivity contribution in [2.24, 2.45) is 0 Å². The van der Waals surface area contributed by atoms with E-state index in [9.17, 15) is 9.59 Å². The van der Waals surface area contributed by atoms with Crippen LogP contribution in [0.4, 0.5) is 0 Å². The van der Waals surface area contributed by atoms with Gasteiger partial charge in [-0.15, -0.1) is 0 Å². The molecule has 0 fully saturated rings. The molecule has 0 saturated carbocycles. The minimum absolute atomic E-state index is 0.145. The van der Waals surface area contributed by atoms with Crippen LogP contribution in [0, 0.1) is 0 Å². The van der Waals surface area contributed by atoms with E-state index >= 15 is 0 Å². The van der Waals surface area contributed by atoms with Crippen LogP contribution in [0.2, 0.25) is 0 Å². The van der Waals surface area contributed by atoms with Crippen molar-refractivity contribution in [1.82, 2.24) is 0 Å². The van der Waals surface area contributed by atoms with Crippen LogP contribution in [-0.2, 0) is 9.59 Å². The summed E-state index contributed by atoms with van der Waals surface area (Å²) < 4.78 is 10.6. The second-order valence-electron chi connectivity index (χ2n) is 5.66. The molecular weight excluding hydrogens is 304 g/mol. The van der Waals surface area contributed by atoms with E-state index in [0.29, 0.717) is 17.1 Å². The van der Waals surface area contributed by atoms with Crippen LogP contribution in [0.25, 0.3) is 11.6 Å². The van der Waals surface area contributed by atoms with Gasteiger partial charge in [0.15, 0.2) is 5.78 Å². The minimum atomic E-state index is -0.718. The second kappa shape index (κ2) is 6.32. The highest BCUT2D eigenvalue weighted by Crippen LogP contribution is 2.40. The van der Waals surface area contributed by atoms with Gasteiger partial charge in [0.25, 0.3) is 0 Å². The number of ether oxygens (including phenoxy) is 2. The number of hydrogen-bond acceptors (Lipinski definition) is 4. The zero-order valence-electron chi connectivity index (χ0n) is 13.8. The molecule has 0 spiro atoms. The van der Waals surface area contributed by atoms with E-state index in [1.54, 1.807) is 32.4 Å². The maximum absolute atomic E-state index is 12.8. The Hall–Kier alpha value is -2.88. The van der Waals surface area contributed by atoms with Gasteiger partial charge in [-0.25, -0.2) is 0 Å². The van der Waals surface area contributed by atoms with E-state index in [1.165, 1.54) is 6.92 Å². The molecule has 0 amide bonds. The van der Waals surface area contributed by atoms with E-state index in [-0.39, 0.29) is 11.6 Å². The van der Waals surface area contributed by atoms with Gasteiger partial charge < -0.3 is 9.47 Å². The topological polar surface area (TPSA) is 52.6 Å². The molecular formula is C20H18O4. The molecule has 0 saturated heterocycles. The Morgan fingerprint density at radius 3 is 2.50 bits per heavy atom. The predicted molar refractivity (Wildman–Crippen MR) is 92.3 cm³/mol. The monoisotopic (exact) mass is 322 g/mol. The van der Waals surface area contributed by atoms with Crippen molar-refractivity contribution < 1.29 is 19.1 Å². The first-order valence-electron chi connectivity index (χ1n) is 7.64. The van der Waals surface area contributed by atoms with Gasteiger partial charge in [0.05, 0.1) is 14.2 Å². The molecule has 0 aliphatic heterocycles. The highest BCUT2D eigenvalue weighted by Gasteiger charge is 2.37. The maximum atomic E-state index is 12.8. The maximum Gasteiger partial charge on any atom is 0.178 e. The highest BCUT2D eigenvalue weighted by molar-refractivity contribution is 6.37. The van der Waals surface area contributed by atoms with E-state index < -0.39 is 5.92 Å². The lowest BCUT2D eigenvalue weighted by molar-refractivity contribution is -0.124. The molecule has 2 aromatic rings. The number of fused-ring (bicyclic) bond motifs is 1. The molecule has 24 heavy (non-hydrogen) atoms. The average Bonchev–Trinajstić information content (AvgIpc) is 2.87. The number of methoxy groups -OCH3 is 2. The van der Waals surface area contributed by atoms with Crippen LogP contribution in [0.15, 0.2) is 42.5 Å². The zero-order valence-corrected chi connectivity index (χ0v) is 13.8. The molecule has 2 aromatic carbocycles. The normalized spacial score (nSPS) is 17.7. The van der Waals surface area contributed by atoms with Crippen molar-refractivity contribution in [3.63, 3.8) is 0 Å². The largest absolute Gasteiger partial charge is 0.497 e. The Labute approximate surface area is 140 Å². The number of Topliss-reactive ketones (excluding diaryl/α,β-unsaturated/α-hetero) is 2. The predicted octanol–water partition coefficient (Wildman–Crippen LogP) is 3.50. The summed E-state index contributed by atoms with van der Waals surface area (Å²) in [6.45, 7) is 1.45. The first kappa shape index (κ1) is 16.0. The Morgan fingerprint density at radius 2 is 1.83 bits per heavy atom. The van der Waals surface area contributed by atoms with Gasteiger partial charge >= 0.3 is 0 Å². The second-order valence-corrected chi connectivity index (χ2v) is 5.66. The van der Waals surface area contributed by atoms with Crippen LogP contribution in [0.1, 0.15) is 29.5 Å². The van der Waals surface area contributed by atoms with E-state index in [0.717, 1.165) is 16.7 Å². The fourth-order valence-corrected chi connectivity index (χ4v) is 3.08. The lowest BCUT2D eigenvalue weighted by Crippen LogP contribution is -2.14. The number of ketones is 2. The Kier molecular flexibility index (Phi) is 4.21. The molecule has 122 valence electrons. The molecule has 1 aliphatic rings. The molecule has 0 N–H and O–H groups in total. The SMILES string of the molecule is COc1ccc(OC)c(C=C2C(=O)C(C(C)=O)c3ccccc32)c1. The van der Waals surface area contributed by atoms with Crippen molar-refractivity contribution in [1.29, 1.82) is 0 Å². The molecule has 4 nitrogen and oxygen atoms in total. The van der Waals surface area contributed by atoms with Gasteiger partial charge in [0.2, 0.25) is 0 Å². The van der Waals surface area contributed by atoms with Crippen molar-refractivity contribution >= 4 is 23.2 Å². The average molecular weight is 322 g/mol. The summed E-state index contributed by atoms with van der Waals surface area (Å²) in [6, 6.07) is 12.8. The Balaban J connectivity index is 2.18. The third-order valence-corrected chi connectivity index (χ3v) is 4.23. The molecule has 3 rings (SSSR count). The van der Waals surface area contributed by atoms with Crippen molar-refractivity contribution in [2.45, 2.75) is 12.8 Å². The summed E-state index contributed by atoms with van der Waals surface area (Å²) in [7, 11) is 3.16. The van der Waals surface area contributed by atoms with Crippen LogP contribution < -0.4 is 9.47 Å². The third-order valence-electron chi connectivity index (χ3n) is 4.23. The number of hydrogen-bond donors (Lipinski definition) is 0. The lowest BCUT2D eigenvalue weighted by Gasteiger charge is -2.08. The zero-order chi connectivity index (χ0) is 17.3. The van der Waals surface area contributed by atoms with Gasteiger partial charge in [-0.2, -0.15) is 0 Å². The molecule has 4 heteroatoms. The standard InChI is InChI=1S/C20H18O4/c1-12(21)19-16-7-5-4-6-15(16)17(20(19)22)11-13-10-14(23-2)8-9-18(13)24-3/h4-11,19H,1-3H3. The van der Waals surface area contributed by atoms with Crippen LogP contribution in [0.5, 0.6) is 11.5 Å². The number of allylic oxidation sites excluding steroid dienone is 1. The van der Waals surface area contributed by atoms with Crippen molar-refractivity contribution in [3.8, 4) is 11.5 Å². The molecule has 1 aliphatic carbocycles. The summed E-state index contributed by atoms with van der Waals surface area (Å²) in [5.74, 6) is 0.274. The lowest BCUT2D eigenvalue weighted by atomic mass is 9.97. The van der Waals surface area contributed by atoms with Gasteiger partial charge in [-0.3, -0.25) is 9.59 Å². The molecule has 0 radical (unpaired) electrons. The summed E-state index contributed by atoms with van der Waals surface area (Å²) in [6.07, 6.45) is 1.77. The number of rotatable bonds is 4.